The Bertz CT molecular complexity index is 497. The molecule has 1 rings (SSSR count). The summed E-state index contributed by atoms with van der Waals surface area (Å²) in [6.07, 6.45) is 1.31. The van der Waals surface area contributed by atoms with Gasteiger partial charge in [0.1, 0.15) is 5.75 Å². The minimum Gasteiger partial charge on any atom is -0.493 e. The van der Waals surface area contributed by atoms with Crippen molar-refractivity contribution < 1.29 is 19.4 Å². The second-order valence-electron chi connectivity index (χ2n) is 4.62. The number of hydrogen-bond acceptors (Lipinski definition) is 3. The topological polar surface area (TPSA) is 63.6 Å². The van der Waals surface area contributed by atoms with E-state index in [0.29, 0.717) is 29.4 Å². The normalized spacial score (nSPS) is 10.3. The monoisotopic (exact) mass is 298 g/mol. The molecular weight excluding hydrogens is 280 g/mol. The summed E-state index contributed by atoms with van der Waals surface area (Å²) in [4.78, 5) is 22.6. The highest BCUT2D eigenvalue weighted by atomic mass is 35.5. The van der Waals surface area contributed by atoms with Crippen LogP contribution in [-0.4, -0.2) is 23.5 Å². The predicted molar refractivity (Wildman–Crippen MR) is 77.8 cm³/mol. The molecule has 0 saturated carbocycles. The average molecular weight is 299 g/mol. The quantitative estimate of drug-likeness (QED) is 0.740. The fourth-order valence-electron chi connectivity index (χ4n) is 1.74. The summed E-state index contributed by atoms with van der Waals surface area (Å²) in [5.41, 5.74) is 1.28. The number of ether oxygens (including phenoxy) is 1. The van der Waals surface area contributed by atoms with E-state index in [2.05, 4.69) is 0 Å². The van der Waals surface area contributed by atoms with E-state index in [4.69, 9.17) is 21.4 Å². The van der Waals surface area contributed by atoms with Crippen LogP contribution >= 0.6 is 11.6 Å². The molecule has 0 aliphatic rings. The Labute approximate surface area is 123 Å². The SMILES string of the molecule is CCCOc1cc(C)c(Cl)cc1C(=O)CCCC(=O)O. The fourth-order valence-corrected chi connectivity index (χ4v) is 1.90. The minimum absolute atomic E-state index is 0.0174. The van der Waals surface area contributed by atoms with Crippen molar-refractivity contribution in [3.63, 3.8) is 0 Å². The van der Waals surface area contributed by atoms with E-state index in [9.17, 15) is 9.59 Å². The largest absolute Gasteiger partial charge is 0.493 e. The molecule has 0 atom stereocenters. The Balaban J connectivity index is 2.87. The summed E-state index contributed by atoms with van der Waals surface area (Å²) in [5.74, 6) is -0.518. The van der Waals surface area contributed by atoms with Crippen molar-refractivity contribution in [1.29, 1.82) is 0 Å². The van der Waals surface area contributed by atoms with Gasteiger partial charge in [-0.15, -0.1) is 0 Å². The Morgan fingerprint density at radius 1 is 1.30 bits per heavy atom. The molecule has 0 bridgehead atoms. The van der Waals surface area contributed by atoms with Gasteiger partial charge in [-0.3, -0.25) is 9.59 Å². The van der Waals surface area contributed by atoms with Crippen molar-refractivity contribution in [2.24, 2.45) is 0 Å². The van der Waals surface area contributed by atoms with Crippen molar-refractivity contribution >= 4 is 23.4 Å². The first-order valence-electron chi connectivity index (χ1n) is 6.63. The fraction of sp³-hybridized carbons (Fsp3) is 0.467. The van der Waals surface area contributed by atoms with Gasteiger partial charge < -0.3 is 9.84 Å². The molecule has 0 spiro atoms. The van der Waals surface area contributed by atoms with Gasteiger partial charge in [0.25, 0.3) is 0 Å². The smallest absolute Gasteiger partial charge is 0.303 e. The summed E-state index contributed by atoms with van der Waals surface area (Å²) in [6.45, 7) is 4.35. The Morgan fingerprint density at radius 3 is 2.60 bits per heavy atom. The number of Topliss-reactive ketones (excluding diaryl/α,β-unsaturated/α-hetero) is 1. The molecular formula is C15H19ClO4. The molecule has 0 saturated heterocycles. The highest BCUT2D eigenvalue weighted by Gasteiger charge is 2.15. The van der Waals surface area contributed by atoms with Crippen molar-refractivity contribution in [1.82, 2.24) is 0 Å². The van der Waals surface area contributed by atoms with E-state index >= 15 is 0 Å². The lowest BCUT2D eigenvalue weighted by Gasteiger charge is -2.12. The summed E-state index contributed by atoms with van der Waals surface area (Å²) >= 11 is 6.05. The highest BCUT2D eigenvalue weighted by Crippen LogP contribution is 2.28. The van der Waals surface area contributed by atoms with Gasteiger partial charge in [0.05, 0.1) is 12.2 Å². The Morgan fingerprint density at radius 2 is 2.00 bits per heavy atom. The predicted octanol–water partition coefficient (Wildman–Crippen LogP) is 3.87. The number of benzene rings is 1. The molecule has 0 amide bonds. The van der Waals surface area contributed by atoms with E-state index in [-0.39, 0.29) is 18.6 Å². The van der Waals surface area contributed by atoms with E-state index in [1.165, 1.54) is 0 Å². The third-order valence-electron chi connectivity index (χ3n) is 2.82. The van der Waals surface area contributed by atoms with Crippen molar-refractivity contribution in [2.45, 2.75) is 39.5 Å². The lowest BCUT2D eigenvalue weighted by atomic mass is 10.0. The Kier molecular flexibility index (Phi) is 6.52. The molecule has 0 heterocycles. The van der Waals surface area contributed by atoms with Crippen molar-refractivity contribution in [2.75, 3.05) is 6.61 Å². The molecule has 0 aromatic heterocycles. The molecule has 0 unspecified atom stereocenters. The van der Waals surface area contributed by atoms with Crippen molar-refractivity contribution in [3.8, 4) is 5.75 Å². The molecule has 0 aliphatic heterocycles. The molecule has 1 aromatic carbocycles. The van der Waals surface area contributed by atoms with Gasteiger partial charge in [-0.2, -0.15) is 0 Å². The van der Waals surface area contributed by atoms with Gasteiger partial charge in [-0.05, 0) is 37.5 Å². The van der Waals surface area contributed by atoms with Gasteiger partial charge in [-0.25, -0.2) is 0 Å². The third-order valence-corrected chi connectivity index (χ3v) is 3.22. The van der Waals surface area contributed by atoms with Crippen LogP contribution in [0.2, 0.25) is 5.02 Å². The number of hydrogen-bond donors (Lipinski definition) is 1. The molecule has 5 heteroatoms. The van der Waals surface area contributed by atoms with Crippen LogP contribution in [0.1, 0.15) is 48.5 Å². The van der Waals surface area contributed by atoms with Crippen LogP contribution in [0.3, 0.4) is 0 Å². The lowest BCUT2D eigenvalue weighted by molar-refractivity contribution is -0.137. The van der Waals surface area contributed by atoms with Crippen LogP contribution in [0.15, 0.2) is 12.1 Å². The first-order valence-corrected chi connectivity index (χ1v) is 7.01. The zero-order valence-electron chi connectivity index (χ0n) is 11.7. The van der Waals surface area contributed by atoms with E-state index < -0.39 is 5.97 Å². The van der Waals surface area contributed by atoms with Gasteiger partial charge in [0.15, 0.2) is 5.78 Å². The molecule has 110 valence electrons. The number of aryl methyl sites for hydroxylation is 1. The number of halogens is 1. The van der Waals surface area contributed by atoms with E-state index in [1.807, 2.05) is 13.8 Å². The van der Waals surface area contributed by atoms with Crippen LogP contribution in [0.5, 0.6) is 5.75 Å². The maximum Gasteiger partial charge on any atom is 0.303 e. The van der Waals surface area contributed by atoms with E-state index in [0.717, 1.165) is 12.0 Å². The zero-order chi connectivity index (χ0) is 15.1. The van der Waals surface area contributed by atoms with Crippen LogP contribution in [-0.2, 0) is 4.79 Å². The van der Waals surface area contributed by atoms with Gasteiger partial charge >= 0.3 is 5.97 Å². The van der Waals surface area contributed by atoms with E-state index in [1.54, 1.807) is 12.1 Å². The first-order chi connectivity index (χ1) is 9.45. The number of ketones is 1. The average Bonchev–Trinajstić information content (AvgIpc) is 2.39. The second-order valence-corrected chi connectivity index (χ2v) is 5.02. The van der Waals surface area contributed by atoms with Crippen LogP contribution < -0.4 is 4.74 Å². The number of carboxylic acids is 1. The highest BCUT2D eigenvalue weighted by molar-refractivity contribution is 6.31. The van der Waals surface area contributed by atoms with Crippen LogP contribution in [0, 0.1) is 6.92 Å². The molecule has 0 fully saturated rings. The molecule has 0 radical (unpaired) electrons. The molecule has 0 aliphatic carbocycles. The maximum absolute atomic E-state index is 12.1. The molecule has 1 aromatic rings. The number of carbonyl (C=O) groups is 2. The zero-order valence-corrected chi connectivity index (χ0v) is 12.5. The number of carbonyl (C=O) groups excluding carboxylic acids is 1. The second kappa shape index (κ2) is 7.90. The summed E-state index contributed by atoms with van der Waals surface area (Å²) in [6, 6.07) is 3.35. The van der Waals surface area contributed by atoms with Gasteiger partial charge in [-0.1, -0.05) is 18.5 Å². The molecule has 20 heavy (non-hydrogen) atoms. The van der Waals surface area contributed by atoms with Crippen molar-refractivity contribution in [3.05, 3.63) is 28.3 Å². The minimum atomic E-state index is -0.901. The van der Waals surface area contributed by atoms with Crippen LogP contribution in [0.4, 0.5) is 0 Å². The standard InChI is InChI=1S/C15H19ClO4/c1-3-7-20-14-8-10(2)12(16)9-11(14)13(17)5-4-6-15(18)19/h8-9H,3-7H2,1-2H3,(H,18,19). The number of carboxylic acid groups (broad SMARTS) is 1. The number of aliphatic carboxylic acids is 1. The lowest BCUT2D eigenvalue weighted by Crippen LogP contribution is -2.06. The molecule has 4 nitrogen and oxygen atoms in total. The first kappa shape index (κ1) is 16.5. The third kappa shape index (κ3) is 4.85. The Hall–Kier alpha value is -1.55. The van der Waals surface area contributed by atoms with Gasteiger partial charge in [0.2, 0.25) is 0 Å². The van der Waals surface area contributed by atoms with Crippen LogP contribution in [0.25, 0.3) is 0 Å². The summed E-state index contributed by atoms with van der Waals surface area (Å²) in [5, 5.41) is 9.10. The maximum atomic E-state index is 12.1. The summed E-state index contributed by atoms with van der Waals surface area (Å²) < 4.78 is 5.57. The summed E-state index contributed by atoms with van der Waals surface area (Å²) in [7, 11) is 0. The molecule has 1 N–H and O–H groups in total. The van der Waals surface area contributed by atoms with Gasteiger partial charge in [0, 0.05) is 17.9 Å². The number of rotatable bonds is 8.